The van der Waals surface area contributed by atoms with E-state index >= 15 is 0 Å². The topological polar surface area (TPSA) is 106 Å². The van der Waals surface area contributed by atoms with Crippen LogP contribution in [0.25, 0.3) is 0 Å². The Bertz CT molecular complexity index is 1290. The number of rotatable bonds is 36. The molecule has 3 rings (SSSR count). The van der Waals surface area contributed by atoms with Gasteiger partial charge in [-0.05, 0) is 32.6 Å². The summed E-state index contributed by atoms with van der Waals surface area (Å²) >= 11 is 0. The number of unbranched alkanes of at least 4 members (excludes halogenated alkanes) is 25. The average molecular weight is 783 g/mol. The van der Waals surface area contributed by atoms with Crippen LogP contribution >= 0.6 is 0 Å². The number of anilines is 2. The van der Waals surface area contributed by atoms with E-state index in [2.05, 4.69) is 28.7 Å². The van der Waals surface area contributed by atoms with E-state index in [0.29, 0.717) is 29.9 Å². The quantitative estimate of drug-likeness (QED) is 0.0530. The predicted octanol–water partition coefficient (Wildman–Crippen LogP) is 12.5. The van der Waals surface area contributed by atoms with E-state index in [1.54, 1.807) is 14.0 Å². The second kappa shape index (κ2) is 30.1. The van der Waals surface area contributed by atoms with Crippen molar-refractivity contribution in [1.82, 2.24) is 19.9 Å². The summed E-state index contributed by atoms with van der Waals surface area (Å²) in [6.45, 7) is 8.94. The lowest BCUT2D eigenvalue weighted by Gasteiger charge is -2.31. The van der Waals surface area contributed by atoms with Crippen LogP contribution in [0.1, 0.15) is 205 Å². The molecule has 1 aliphatic rings. The molecule has 1 fully saturated rings. The number of hydrogen-bond acceptors (Lipinski definition) is 10. The van der Waals surface area contributed by atoms with Crippen molar-refractivity contribution in [2.45, 2.75) is 207 Å². The highest BCUT2D eigenvalue weighted by atomic mass is 16.5. The highest BCUT2D eigenvalue weighted by Gasteiger charge is 2.24. The van der Waals surface area contributed by atoms with Crippen molar-refractivity contribution in [1.29, 1.82) is 0 Å². The summed E-state index contributed by atoms with van der Waals surface area (Å²) in [4.78, 5) is 22.8. The van der Waals surface area contributed by atoms with E-state index in [1.165, 1.54) is 154 Å². The van der Waals surface area contributed by atoms with Gasteiger partial charge in [0.05, 0.1) is 25.1 Å². The van der Waals surface area contributed by atoms with Crippen molar-refractivity contribution >= 4 is 11.9 Å². The summed E-state index contributed by atoms with van der Waals surface area (Å²) in [6.07, 6.45) is 37.4. The van der Waals surface area contributed by atoms with Crippen molar-refractivity contribution in [3.8, 4) is 23.3 Å². The normalized spacial score (nSPS) is 12.6. The molecule has 10 heteroatoms. The van der Waals surface area contributed by atoms with E-state index in [0.717, 1.165) is 56.8 Å². The molecule has 0 bridgehead atoms. The van der Waals surface area contributed by atoms with Gasteiger partial charge in [0.15, 0.2) is 12.5 Å². The fourth-order valence-electron chi connectivity index (χ4n) is 7.36. The number of nitrogens with zero attached hydrogens (tertiary/aromatic N) is 6. The first-order valence-corrected chi connectivity index (χ1v) is 23.2. The predicted molar refractivity (Wildman–Crippen MR) is 233 cm³/mol. The minimum atomic E-state index is -0.00938. The first-order chi connectivity index (χ1) is 27.5. The zero-order chi connectivity index (χ0) is 40.1. The van der Waals surface area contributed by atoms with Crippen LogP contribution in [-0.2, 0) is 6.42 Å². The van der Waals surface area contributed by atoms with Gasteiger partial charge in [0.2, 0.25) is 17.6 Å². The van der Waals surface area contributed by atoms with Gasteiger partial charge < -0.3 is 29.1 Å². The Balaban J connectivity index is 1.42. The molecule has 1 N–H and O–H groups in total. The zero-order valence-corrected chi connectivity index (χ0v) is 36.7. The molecule has 2 aromatic heterocycles. The highest BCUT2D eigenvalue weighted by Crippen LogP contribution is 2.34. The van der Waals surface area contributed by atoms with Gasteiger partial charge in [0.25, 0.3) is 11.8 Å². The molecule has 0 aliphatic carbocycles. The van der Waals surface area contributed by atoms with Gasteiger partial charge in [-0.25, -0.2) is 9.97 Å². The van der Waals surface area contributed by atoms with E-state index in [9.17, 15) is 5.11 Å². The average Bonchev–Trinajstić information content (AvgIpc) is 3.18. The third kappa shape index (κ3) is 18.9. The fraction of sp³-hybridized carbons (Fsp3) is 0.826. The monoisotopic (exact) mass is 783 g/mol. The van der Waals surface area contributed by atoms with E-state index in [1.807, 2.05) is 11.9 Å². The molecule has 1 saturated heterocycles. The van der Waals surface area contributed by atoms with Crippen molar-refractivity contribution < 1.29 is 19.3 Å². The molecule has 56 heavy (non-hydrogen) atoms. The maximum Gasteiger partial charge on any atom is 0.262 e. The molecular weight excluding hydrogens is 701 g/mol. The molecule has 320 valence electrons. The van der Waals surface area contributed by atoms with E-state index in [-0.39, 0.29) is 18.4 Å². The maximum absolute atomic E-state index is 10.7. The second-order valence-corrected chi connectivity index (χ2v) is 16.3. The zero-order valence-electron chi connectivity index (χ0n) is 36.7. The number of aryl methyl sites for hydroxylation is 2. The van der Waals surface area contributed by atoms with Crippen molar-refractivity contribution in [3.63, 3.8) is 0 Å². The Morgan fingerprint density at radius 1 is 0.589 bits per heavy atom. The number of hydrogen-bond donors (Lipinski definition) is 1. The molecule has 1 aliphatic heterocycles. The van der Waals surface area contributed by atoms with Crippen LogP contribution in [0, 0.1) is 6.92 Å². The molecule has 0 radical (unpaired) electrons. The minimum absolute atomic E-state index is 0.00938. The fourth-order valence-corrected chi connectivity index (χ4v) is 7.36. The molecular formula is C46H82N6O4. The van der Waals surface area contributed by atoms with Crippen LogP contribution in [-0.4, -0.2) is 65.6 Å². The van der Waals surface area contributed by atoms with Crippen molar-refractivity contribution in [2.75, 3.05) is 50.4 Å². The van der Waals surface area contributed by atoms with Gasteiger partial charge >= 0.3 is 0 Å². The summed E-state index contributed by atoms with van der Waals surface area (Å²) in [5.74, 6) is 2.39. The Kier molecular flexibility index (Phi) is 25.4. The Hall–Kier alpha value is -3.04. The van der Waals surface area contributed by atoms with Crippen LogP contribution in [0.2, 0.25) is 0 Å². The van der Waals surface area contributed by atoms with Crippen molar-refractivity contribution in [3.05, 3.63) is 11.4 Å². The molecule has 0 saturated carbocycles. The lowest BCUT2D eigenvalue weighted by Crippen LogP contribution is -2.38. The molecule has 0 amide bonds. The van der Waals surface area contributed by atoms with Crippen LogP contribution in [0.4, 0.5) is 11.9 Å². The number of aromatic hydroxyl groups is 1. The Labute approximate surface area is 342 Å². The van der Waals surface area contributed by atoms with Crippen LogP contribution in [0.5, 0.6) is 23.3 Å². The van der Waals surface area contributed by atoms with Crippen LogP contribution in [0.15, 0.2) is 0 Å². The first-order valence-electron chi connectivity index (χ1n) is 23.2. The number of ether oxygens (including phenoxy) is 3. The molecule has 0 aromatic carbocycles. The molecule has 0 unspecified atom stereocenters. The summed E-state index contributed by atoms with van der Waals surface area (Å²) in [7, 11) is 3.51. The molecule has 0 atom stereocenters. The van der Waals surface area contributed by atoms with Gasteiger partial charge in [-0.2, -0.15) is 9.97 Å². The minimum Gasteiger partial charge on any atom is -0.502 e. The van der Waals surface area contributed by atoms with E-state index < -0.39 is 0 Å². The van der Waals surface area contributed by atoms with Gasteiger partial charge in [0, 0.05) is 20.1 Å². The van der Waals surface area contributed by atoms with E-state index in [4.69, 9.17) is 24.2 Å². The standard InChI is InChI=1S/C46H82N6O4/c1-6-8-10-12-14-16-18-20-21-23-25-27-29-31-34-40-42(44(54-5)50-46(48-40)52-35-33-36-52)56-38-51(4)45-47-39(3)41(53)43(49-45)55-37-32-30-28-26-24-22-19-17-15-13-11-9-7-2/h53H,6-38H2,1-5H3. The highest BCUT2D eigenvalue weighted by molar-refractivity contribution is 5.47. The molecule has 2 aromatic rings. The summed E-state index contributed by atoms with van der Waals surface area (Å²) in [5.41, 5.74) is 1.36. The van der Waals surface area contributed by atoms with Crippen LogP contribution < -0.4 is 24.0 Å². The molecule has 3 heterocycles. The van der Waals surface area contributed by atoms with Gasteiger partial charge in [-0.1, -0.05) is 174 Å². The smallest absolute Gasteiger partial charge is 0.262 e. The maximum atomic E-state index is 10.7. The lowest BCUT2D eigenvalue weighted by molar-refractivity contribution is 0.271. The van der Waals surface area contributed by atoms with Gasteiger partial charge in [-0.3, -0.25) is 0 Å². The summed E-state index contributed by atoms with van der Waals surface area (Å²) in [5, 5.41) is 10.7. The number of aromatic nitrogens is 4. The van der Waals surface area contributed by atoms with Gasteiger partial charge in [0.1, 0.15) is 0 Å². The lowest BCUT2D eigenvalue weighted by atomic mass is 10.0. The second-order valence-electron chi connectivity index (χ2n) is 16.3. The SMILES string of the molecule is CCCCCCCCCCCCCCCCc1nc(N2CCC2)nc(OC)c1OCN(C)c1nc(C)c(O)c(OCCCCCCCCCCCCCCC)n1. The summed E-state index contributed by atoms with van der Waals surface area (Å²) in [6, 6.07) is 0. The first kappa shape index (κ1) is 47.3. The van der Waals surface area contributed by atoms with Crippen molar-refractivity contribution in [2.24, 2.45) is 0 Å². The summed E-state index contributed by atoms with van der Waals surface area (Å²) < 4.78 is 18.2. The van der Waals surface area contributed by atoms with Crippen LogP contribution in [0.3, 0.4) is 0 Å². The molecule has 0 spiro atoms. The molecule has 10 nitrogen and oxygen atoms in total. The Morgan fingerprint density at radius 3 is 1.54 bits per heavy atom. The van der Waals surface area contributed by atoms with Gasteiger partial charge in [-0.15, -0.1) is 0 Å². The number of methoxy groups -OCH3 is 1. The Morgan fingerprint density at radius 2 is 1.07 bits per heavy atom. The third-order valence-electron chi connectivity index (χ3n) is 11.2. The largest absolute Gasteiger partial charge is 0.502 e. The third-order valence-corrected chi connectivity index (χ3v) is 11.2.